The molecule has 0 radical (unpaired) electrons. The summed E-state index contributed by atoms with van der Waals surface area (Å²) in [6.07, 6.45) is 22.8. The number of aliphatic carboxylic acids is 1. The minimum atomic E-state index is -0.976. The molecule has 0 bridgehead atoms. The number of amides is 1. The van der Waals surface area contributed by atoms with Gasteiger partial charge in [-0.3, -0.25) is 9.28 Å². The summed E-state index contributed by atoms with van der Waals surface area (Å²) in [5.74, 6) is -0.807. The van der Waals surface area contributed by atoms with Gasteiger partial charge in [0.05, 0.1) is 14.1 Å². The van der Waals surface area contributed by atoms with Crippen molar-refractivity contribution in [3.05, 3.63) is 12.2 Å². The SMILES string of the molecule is CCCCCCCC/C=C\CCCCCCCC(=O)NC(CCC)[N+](C)(C)C(C)(C)C(=O)O. The molecule has 5 nitrogen and oxygen atoms in total. The number of allylic oxidation sites excluding steroid dienone is 2. The predicted octanol–water partition coefficient (Wildman–Crippen LogP) is 7.21. The molecule has 0 aliphatic carbocycles. The van der Waals surface area contributed by atoms with Gasteiger partial charge in [0.25, 0.3) is 0 Å². The van der Waals surface area contributed by atoms with E-state index >= 15 is 0 Å². The fourth-order valence-electron chi connectivity index (χ4n) is 4.08. The smallest absolute Gasteiger partial charge is 0.365 e. The third kappa shape index (κ3) is 13.2. The molecule has 0 aromatic carbocycles. The van der Waals surface area contributed by atoms with Crippen LogP contribution in [-0.4, -0.2) is 47.3 Å². The molecule has 0 aromatic rings. The minimum Gasteiger partial charge on any atom is -0.477 e. The van der Waals surface area contributed by atoms with Gasteiger partial charge in [0.15, 0.2) is 11.7 Å². The number of carboxylic acid groups (broad SMARTS) is 1. The molecule has 194 valence electrons. The number of carbonyl (C=O) groups is 2. The maximum Gasteiger partial charge on any atom is 0.365 e. The lowest BCUT2D eigenvalue weighted by molar-refractivity contribution is -0.953. The number of likely N-dealkylation sites (N-methyl/N-ethyl adjacent to an activating group) is 1. The van der Waals surface area contributed by atoms with Gasteiger partial charge in [0.1, 0.15) is 0 Å². The second kappa shape index (κ2) is 18.0. The molecule has 1 unspecified atom stereocenters. The average molecular weight is 468 g/mol. The number of nitrogens with zero attached hydrogens (tertiary/aromatic N) is 1. The number of carbonyl (C=O) groups excluding carboxylic acids is 1. The van der Waals surface area contributed by atoms with Crippen LogP contribution >= 0.6 is 0 Å². The zero-order chi connectivity index (χ0) is 25.2. The summed E-state index contributed by atoms with van der Waals surface area (Å²) in [4.78, 5) is 24.3. The molecule has 1 atom stereocenters. The quantitative estimate of drug-likeness (QED) is 0.0811. The normalized spacial score (nSPS) is 13.4. The molecule has 5 heteroatoms. The van der Waals surface area contributed by atoms with Crippen LogP contribution < -0.4 is 5.32 Å². The van der Waals surface area contributed by atoms with Gasteiger partial charge < -0.3 is 10.4 Å². The van der Waals surface area contributed by atoms with Gasteiger partial charge in [-0.1, -0.05) is 77.4 Å². The largest absolute Gasteiger partial charge is 0.477 e. The van der Waals surface area contributed by atoms with Crippen molar-refractivity contribution in [2.45, 2.75) is 142 Å². The highest BCUT2D eigenvalue weighted by Crippen LogP contribution is 2.26. The van der Waals surface area contributed by atoms with E-state index in [9.17, 15) is 14.7 Å². The van der Waals surface area contributed by atoms with Crippen molar-refractivity contribution in [1.82, 2.24) is 5.32 Å². The molecule has 1 amide bonds. The molecular weight excluding hydrogens is 412 g/mol. The van der Waals surface area contributed by atoms with E-state index in [0.717, 1.165) is 25.7 Å². The van der Waals surface area contributed by atoms with Gasteiger partial charge >= 0.3 is 5.97 Å². The topological polar surface area (TPSA) is 66.4 Å². The molecule has 0 fully saturated rings. The highest BCUT2D eigenvalue weighted by molar-refractivity contribution is 5.77. The maximum atomic E-state index is 12.5. The summed E-state index contributed by atoms with van der Waals surface area (Å²) in [5.41, 5.74) is -0.976. The lowest BCUT2D eigenvalue weighted by atomic mass is 9.98. The van der Waals surface area contributed by atoms with Gasteiger partial charge in [0.2, 0.25) is 5.91 Å². The molecule has 0 rings (SSSR count). The lowest BCUT2D eigenvalue weighted by Gasteiger charge is -2.47. The van der Waals surface area contributed by atoms with E-state index in [-0.39, 0.29) is 16.6 Å². The van der Waals surface area contributed by atoms with Crippen LogP contribution in [0.2, 0.25) is 0 Å². The summed E-state index contributed by atoms with van der Waals surface area (Å²) in [6.45, 7) is 7.79. The van der Waals surface area contributed by atoms with Crippen molar-refractivity contribution in [1.29, 1.82) is 0 Å². The number of hydrogen-bond donors (Lipinski definition) is 2. The Kier molecular flexibility index (Phi) is 17.3. The maximum absolute atomic E-state index is 12.5. The van der Waals surface area contributed by atoms with Crippen molar-refractivity contribution in [3.8, 4) is 0 Å². The Morgan fingerprint density at radius 2 is 1.30 bits per heavy atom. The molecular formula is C28H55N2O3+. The number of rotatable bonds is 21. The highest BCUT2D eigenvalue weighted by Gasteiger charge is 2.48. The summed E-state index contributed by atoms with van der Waals surface area (Å²) < 4.78 is 0.230. The fraction of sp³-hybridized carbons (Fsp3) is 0.857. The Morgan fingerprint density at radius 3 is 1.79 bits per heavy atom. The van der Waals surface area contributed by atoms with Crippen molar-refractivity contribution < 1.29 is 19.2 Å². The van der Waals surface area contributed by atoms with Crippen molar-refractivity contribution >= 4 is 11.9 Å². The standard InChI is InChI=1S/C28H54N2O3/c1-7-9-10-11-12-13-14-15-16-17-18-19-20-21-22-24-26(31)29-25(23-8-2)30(5,6)28(3,4)27(32)33/h15-16,25H,7-14,17-24H2,1-6H3,(H-,29,31,32,33)/p+1/b16-15-. The predicted molar refractivity (Wildman–Crippen MR) is 140 cm³/mol. The van der Waals surface area contributed by atoms with Crippen LogP contribution in [0.3, 0.4) is 0 Å². The second-order valence-electron chi connectivity index (χ2n) is 10.6. The molecule has 0 aliphatic rings. The number of nitrogens with one attached hydrogen (secondary N) is 1. The Labute approximate surface area is 205 Å². The van der Waals surface area contributed by atoms with Crippen LogP contribution in [0.25, 0.3) is 0 Å². The Balaban J connectivity index is 3.99. The van der Waals surface area contributed by atoms with Gasteiger partial charge in [-0.15, -0.1) is 0 Å². The summed E-state index contributed by atoms with van der Waals surface area (Å²) in [7, 11) is 3.80. The van der Waals surface area contributed by atoms with E-state index in [4.69, 9.17) is 0 Å². The van der Waals surface area contributed by atoms with Crippen molar-refractivity contribution in [2.75, 3.05) is 14.1 Å². The molecule has 2 N–H and O–H groups in total. The highest BCUT2D eigenvalue weighted by atomic mass is 16.4. The first-order valence-electron chi connectivity index (χ1n) is 13.6. The number of hydrogen-bond acceptors (Lipinski definition) is 2. The fourth-order valence-corrected chi connectivity index (χ4v) is 4.08. The summed E-state index contributed by atoms with van der Waals surface area (Å²) in [5, 5.41) is 12.8. The third-order valence-corrected chi connectivity index (χ3v) is 7.30. The van der Waals surface area contributed by atoms with Crippen LogP contribution in [0.4, 0.5) is 0 Å². The van der Waals surface area contributed by atoms with E-state index in [1.807, 2.05) is 14.1 Å². The van der Waals surface area contributed by atoms with Crippen LogP contribution in [0, 0.1) is 0 Å². The number of quaternary nitrogens is 1. The minimum absolute atomic E-state index is 0.0402. The first-order valence-corrected chi connectivity index (χ1v) is 13.6. The van der Waals surface area contributed by atoms with Gasteiger partial charge in [-0.05, 0) is 38.5 Å². The molecule has 0 heterocycles. The van der Waals surface area contributed by atoms with E-state index in [1.165, 1.54) is 70.6 Å². The van der Waals surface area contributed by atoms with Crippen molar-refractivity contribution in [3.63, 3.8) is 0 Å². The summed E-state index contributed by atoms with van der Waals surface area (Å²) in [6, 6.07) is 0. The zero-order valence-electron chi connectivity index (χ0n) is 22.8. The van der Waals surface area contributed by atoms with Crippen LogP contribution in [0.5, 0.6) is 0 Å². The monoisotopic (exact) mass is 467 g/mol. The van der Waals surface area contributed by atoms with Crippen LogP contribution in [0.1, 0.15) is 130 Å². The van der Waals surface area contributed by atoms with Gasteiger partial charge in [-0.25, -0.2) is 4.79 Å². The Hall–Kier alpha value is -1.36. The lowest BCUT2D eigenvalue weighted by Crippen LogP contribution is -2.69. The number of carboxylic acids is 1. The van der Waals surface area contributed by atoms with E-state index in [1.54, 1.807) is 13.8 Å². The third-order valence-electron chi connectivity index (χ3n) is 7.30. The van der Waals surface area contributed by atoms with Crippen LogP contribution in [-0.2, 0) is 9.59 Å². The van der Waals surface area contributed by atoms with E-state index in [2.05, 4.69) is 31.3 Å². The second-order valence-corrected chi connectivity index (χ2v) is 10.6. The molecule has 0 aromatic heterocycles. The van der Waals surface area contributed by atoms with Crippen molar-refractivity contribution in [2.24, 2.45) is 0 Å². The molecule has 33 heavy (non-hydrogen) atoms. The van der Waals surface area contributed by atoms with E-state index < -0.39 is 11.5 Å². The van der Waals surface area contributed by atoms with Gasteiger partial charge in [-0.2, -0.15) is 0 Å². The molecule has 0 saturated carbocycles. The van der Waals surface area contributed by atoms with Crippen LogP contribution in [0.15, 0.2) is 12.2 Å². The molecule has 0 aliphatic heterocycles. The first kappa shape index (κ1) is 31.6. The summed E-state index contributed by atoms with van der Waals surface area (Å²) >= 11 is 0. The Morgan fingerprint density at radius 1 is 0.818 bits per heavy atom. The number of unbranched alkanes of at least 4 members (excludes halogenated alkanes) is 11. The average Bonchev–Trinajstić information content (AvgIpc) is 2.75. The molecule has 0 spiro atoms. The molecule has 0 saturated heterocycles. The van der Waals surface area contributed by atoms with Gasteiger partial charge in [0, 0.05) is 26.7 Å². The first-order chi connectivity index (χ1) is 15.6. The van der Waals surface area contributed by atoms with E-state index in [0.29, 0.717) is 6.42 Å². The Bertz CT molecular complexity index is 555. The zero-order valence-corrected chi connectivity index (χ0v) is 22.8.